The standard InChI is InChI=1S/C19H24FN3O7S/c20-16-6-5-14(31(27,28)23-7-9-29-10-8-23)11-15(16)18(25)30-12-17(24)22-19(26)21-13-3-1-2-4-13/h5-6,11,13H,1-4,7-10,12H2,(H2,21,22,24,26). The van der Waals surface area contributed by atoms with E-state index in [2.05, 4.69) is 5.32 Å². The first-order valence-corrected chi connectivity index (χ1v) is 11.4. The summed E-state index contributed by atoms with van der Waals surface area (Å²) in [6.07, 6.45) is 3.67. The predicted molar refractivity (Wildman–Crippen MR) is 105 cm³/mol. The molecule has 2 aliphatic rings. The summed E-state index contributed by atoms with van der Waals surface area (Å²) in [6.45, 7) is -0.0700. The highest BCUT2D eigenvalue weighted by molar-refractivity contribution is 7.89. The van der Waals surface area contributed by atoms with E-state index in [1.807, 2.05) is 5.32 Å². The quantitative estimate of drug-likeness (QED) is 0.603. The summed E-state index contributed by atoms with van der Waals surface area (Å²) in [5.74, 6) is -3.10. The Hall–Kier alpha value is -2.57. The third kappa shape index (κ3) is 5.99. The van der Waals surface area contributed by atoms with Crippen molar-refractivity contribution in [2.24, 2.45) is 0 Å². The zero-order valence-electron chi connectivity index (χ0n) is 16.8. The van der Waals surface area contributed by atoms with Crippen LogP contribution in [0, 0.1) is 5.82 Å². The van der Waals surface area contributed by atoms with E-state index >= 15 is 0 Å². The van der Waals surface area contributed by atoms with Crippen molar-refractivity contribution < 1.29 is 36.7 Å². The lowest BCUT2D eigenvalue weighted by atomic mass is 10.2. The van der Waals surface area contributed by atoms with E-state index in [0.29, 0.717) is 0 Å². The molecule has 0 bridgehead atoms. The molecule has 12 heteroatoms. The fraction of sp³-hybridized carbons (Fsp3) is 0.526. The zero-order chi connectivity index (χ0) is 22.4. The number of halogens is 1. The van der Waals surface area contributed by atoms with E-state index < -0.39 is 45.9 Å². The maximum absolute atomic E-state index is 14.1. The number of imide groups is 1. The second kappa shape index (κ2) is 10.2. The number of benzene rings is 1. The molecule has 31 heavy (non-hydrogen) atoms. The Morgan fingerprint density at radius 3 is 2.52 bits per heavy atom. The second-order valence-electron chi connectivity index (χ2n) is 7.24. The number of nitrogens with zero attached hydrogens (tertiary/aromatic N) is 1. The Morgan fingerprint density at radius 1 is 1.16 bits per heavy atom. The highest BCUT2D eigenvalue weighted by atomic mass is 32.2. The molecule has 1 aromatic carbocycles. The lowest BCUT2D eigenvalue weighted by Gasteiger charge is -2.26. The second-order valence-corrected chi connectivity index (χ2v) is 9.18. The number of carbonyl (C=O) groups is 3. The highest BCUT2D eigenvalue weighted by Crippen LogP contribution is 2.21. The van der Waals surface area contributed by atoms with Gasteiger partial charge in [0.15, 0.2) is 6.61 Å². The number of urea groups is 1. The SMILES string of the molecule is O=C(COC(=O)c1cc(S(=O)(=O)N2CCOCC2)ccc1F)NC(=O)NC1CCCC1. The van der Waals surface area contributed by atoms with Gasteiger partial charge in [-0.15, -0.1) is 0 Å². The number of hydrogen-bond acceptors (Lipinski definition) is 7. The maximum atomic E-state index is 14.1. The molecule has 1 aromatic rings. The molecular weight excluding hydrogens is 433 g/mol. The van der Waals surface area contributed by atoms with Gasteiger partial charge in [0.2, 0.25) is 10.0 Å². The average Bonchev–Trinajstić information content (AvgIpc) is 3.25. The Labute approximate surface area is 179 Å². The first kappa shape index (κ1) is 23.1. The molecule has 3 rings (SSSR count). The molecule has 1 saturated heterocycles. The summed E-state index contributed by atoms with van der Waals surface area (Å²) in [6, 6.07) is 2.07. The molecule has 0 radical (unpaired) electrons. The van der Waals surface area contributed by atoms with Crippen LogP contribution in [0.2, 0.25) is 0 Å². The summed E-state index contributed by atoms with van der Waals surface area (Å²) < 4.78 is 50.6. The fourth-order valence-electron chi connectivity index (χ4n) is 3.42. The van der Waals surface area contributed by atoms with E-state index in [1.54, 1.807) is 0 Å². The topological polar surface area (TPSA) is 131 Å². The van der Waals surface area contributed by atoms with Gasteiger partial charge in [-0.05, 0) is 31.0 Å². The largest absolute Gasteiger partial charge is 0.452 e. The van der Waals surface area contributed by atoms with Crippen molar-refractivity contribution in [1.29, 1.82) is 0 Å². The summed E-state index contributed by atoms with van der Waals surface area (Å²) >= 11 is 0. The number of carbonyl (C=O) groups excluding carboxylic acids is 3. The minimum absolute atomic E-state index is 0.000557. The molecule has 2 N–H and O–H groups in total. The Kier molecular flexibility index (Phi) is 7.57. The Bertz CT molecular complexity index is 942. The van der Waals surface area contributed by atoms with Gasteiger partial charge in [-0.3, -0.25) is 10.1 Å². The number of rotatable bonds is 6. The molecule has 0 unspecified atom stereocenters. The van der Waals surface area contributed by atoms with Crippen molar-refractivity contribution in [3.05, 3.63) is 29.6 Å². The zero-order valence-corrected chi connectivity index (χ0v) is 17.6. The van der Waals surface area contributed by atoms with Crippen molar-refractivity contribution in [2.45, 2.75) is 36.6 Å². The average molecular weight is 457 g/mol. The van der Waals surface area contributed by atoms with Crippen LogP contribution in [0.25, 0.3) is 0 Å². The third-order valence-corrected chi connectivity index (χ3v) is 6.94. The lowest BCUT2D eigenvalue weighted by molar-refractivity contribution is -0.123. The summed E-state index contributed by atoms with van der Waals surface area (Å²) in [7, 11) is -3.95. The molecule has 170 valence electrons. The van der Waals surface area contributed by atoms with Gasteiger partial charge in [0.25, 0.3) is 5.91 Å². The van der Waals surface area contributed by atoms with E-state index in [4.69, 9.17) is 9.47 Å². The number of esters is 1. The number of hydrogen-bond donors (Lipinski definition) is 2. The number of morpholine rings is 1. The molecule has 10 nitrogen and oxygen atoms in total. The van der Waals surface area contributed by atoms with Crippen molar-refractivity contribution in [3.8, 4) is 0 Å². The smallest absolute Gasteiger partial charge is 0.341 e. The summed E-state index contributed by atoms with van der Waals surface area (Å²) in [4.78, 5) is 35.5. The maximum Gasteiger partial charge on any atom is 0.341 e. The van der Waals surface area contributed by atoms with Gasteiger partial charge < -0.3 is 14.8 Å². The molecule has 1 saturated carbocycles. The van der Waals surface area contributed by atoms with Gasteiger partial charge >= 0.3 is 12.0 Å². The minimum atomic E-state index is -3.95. The lowest BCUT2D eigenvalue weighted by Crippen LogP contribution is -2.45. The van der Waals surface area contributed by atoms with E-state index in [0.717, 1.165) is 43.9 Å². The van der Waals surface area contributed by atoms with E-state index in [9.17, 15) is 27.2 Å². The van der Waals surface area contributed by atoms with E-state index in [1.165, 1.54) is 4.31 Å². The monoisotopic (exact) mass is 457 g/mol. The molecule has 1 aliphatic heterocycles. The number of sulfonamides is 1. The molecule has 1 aliphatic carbocycles. The van der Waals surface area contributed by atoms with Crippen LogP contribution in [-0.2, 0) is 24.3 Å². The van der Waals surface area contributed by atoms with Gasteiger partial charge in [-0.25, -0.2) is 22.4 Å². The van der Waals surface area contributed by atoms with Crippen LogP contribution in [0.15, 0.2) is 23.1 Å². The van der Waals surface area contributed by atoms with Crippen LogP contribution in [0.1, 0.15) is 36.0 Å². The molecular formula is C19H24FN3O7S. The molecule has 2 fully saturated rings. The van der Waals surface area contributed by atoms with Crippen LogP contribution < -0.4 is 10.6 Å². The van der Waals surface area contributed by atoms with Gasteiger partial charge in [0.05, 0.1) is 23.7 Å². The first-order valence-electron chi connectivity index (χ1n) is 9.92. The highest BCUT2D eigenvalue weighted by Gasteiger charge is 2.28. The van der Waals surface area contributed by atoms with Crippen molar-refractivity contribution in [1.82, 2.24) is 14.9 Å². The summed E-state index contributed by atoms with van der Waals surface area (Å²) in [5.41, 5.74) is -0.627. The van der Waals surface area contributed by atoms with Crippen molar-refractivity contribution >= 4 is 27.9 Å². The fourth-order valence-corrected chi connectivity index (χ4v) is 4.86. The molecule has 3 amide bonds. The van der Waals surface area contributed by atoms with Gasteiger partial charge in [-0.1, -0.05) is 12.8 Å². The molecule has 0 spiro atoms. The van der Waals surface area contributed by atoms with Crippen LogP contribution >= 0.6 is 0 Å². The Balaban J connectivity index is 1.58. The number of amides is 3. The molecule has 0 aromatic heterocycles. The van der Waals surface area contributed by atoms with Crippen molar-refractivity contribution in [2.75, 3.05) is 32.9 Å². The minimum Gasteiger partial charge on any atom is -0.452 e. The van der Waals surface area contributed by atoms with Crippen molar-refractivity contribution in [3.63, 3.8) is 0 Å². The van der Waals surface area contributed by atoms with Gasteiger partial charge in [0.1, 0.15) is 5.82 Å². The van der Waals surface area contributed by atoms with Crippen LogP contribution in [0.5, 0.6) is 0 Å². The first-order chi connectivity index (χ1) is 14.8. The molecule has 1 heterocycles. The van der Waals surface area contributed by atoms with E-state index in [-0.39, 0.29) is 37.2 Å². The van der Waals surface area contributed by atoms with Crippen LogP contribution in [0.4, 0.5) is 9.18 Å². The van der Waals surface area contributed by atoms with Crippen LogP contribution in [-0.4, -0.2) is 69.6 Å². The van der Waals surface area contributed by atoms with Gasteiger partial charge in [0, 0.05) is 19.1 Å². The van der Waals surface area contributed by atoms with Gasteiger partial charge in [-0.2, -0.15) is 4.31 Å². The molecule has 0 atom stereocenters. The predicted octanol–water partition coefficient (Wildman–Crippen LogP) is 0.772. The third-order valence-electron chi connectivity index (χ3n) is 5.04. The normalized spacial score (nSPS) is 17.8. The Morgan fingerprint density at radius 2 is 1.84 bits per heavy atom. The summed E-state index contributed by atoms with van der Waals surface area (Å²) in [5, 5.41) is 4.67. The van der Waals surface area contributed by atoms with Crippen LogP contribution in [0.3, 0.4) is 0 Å². The number of nitrogens with one attached hydrogen (secondary N) is 2. The number of ether oxygens (including phenoxy) is 2.